The first kappa shape index (κ1) is 11.7. The summed E-state index contributed by atoms with van der Waals surface area (Å²) in [5.74, 6) is 0.488. The van der Waals surface area contributed by atoms with Crippen molar-refractivity contribution < 1.29 is 4.39 Å². The van der Waals surface area contributed by atoms with Crippen molar-refractivity contribution in [1.82, 2.24) is 9.97 Å². The number of aromatic nitrogens is 2. The predicted molar refractivity (Wildman–Crippen MR) is 74.3 cm³/mol. The van der Waals surface area contributed by atoms with Crippen molar-refractivity contribution in [2.45, 2.75) is 12.8 Å². The van der Waals surface area contributed by atoms with E-state index in [0.717, 1.165) is 29.0 Å². The lowest BCUT2D eigenvalue weighted by atomic mass is 10.1. The Morgan fingerprint density at radius 2 is 1.89 bits per heavy atom. The van der Waals surface area contributed by atoms with E-state index in [1.807, 2.05) is 30.3 Å². The minimum atomic E-state index is -0.292. The maximum Gasteiger partial charge on any atom is 0.151 e. The van der Waals surface area contributed by atoms with Gasteiger partial charge in [-0.25, -0.2) is 9.37 Å². The molecule has 0 saturated heterocycles. The van der Waals surface area contributed by atoms with Crippen molar-refractivity contribution in [2.75, 3.05) is 5.73 Å². The zero-order chi connectivity index (χ0) is 13.2. The second kappa shape index (κ2) is 4.72. The van der Waals surface area contributed by atoms with Crippen LogP contribution >= 0.6 is 0 Å². The maximum absolute atomic E-state index is 13.5. The zero-order valence-electron chi connectivity index (χ0n) is 10.4. The third-order valence-corrected chi connectivity index (χ3v) is 3.20. The van der Waals surface area contributed by atoms with Gasteiger partial charge in [0.25, 0.3) is 0 Å². The molecule has 3 nitrogen and oxygen atoms in total. The molecule has 3 rings (SSSR count). The third-order valence-electron chi connectivity index (χ3n) is 3.20. The van der Waals surface area contributed by atoms with Gasteiger partial charge in [-0.1, -0.05) is 24.3 Å². The molecule has 0 unspecified atom stereocenters. The number of nitrogens with zero attached hydrogens (tertiary/aromatic N) is 1. The van der Waals surface area contributed by atoms with Crippen molar-refractivity contribution >= 4 is 16.7 Å². The first-order chi connectivity index (χ1) is 9.24. The molecular formula is C15H14FN3. The Morgan fingerprint density at radius 3 is 2.68 bits per heavy atom. The van der Waals surface area contributed by atoms with Gasteiger partial charge in [0, 0.05) is 12.1 Å². The molecule has 96 valence electrons. The van der Waals surface area contributed by atoms with Crippen molar-refractivity contribution in [3.05, 3.63) is 59.7 Å². The Labute approximate surface area is 110 Å². The summed E-state index contributed by atoms with van der Waals surface area (Å²) in [6.45, 7) is 0. The lowest BCUT2D eigenvalue weighted by Crippen LogP contribution is -1.97. The van der Waals surface area contributed by atoms with Gasteiger partial charge in [-0.3, -0.25) is 0 Å². The fourth-order valence-corrected chi connectivity index (χ4v) is 2.18. The van der Waals surface area contributed by atoms with Crippen LogP contribution in [0.3, 0.4) is 0 Å². The number of aromatic amines is 1. The van der Waals surface area contributed by atoms with Gasteiger partial charge in [-0.15, -0.1) is 0 Å². The normalized spacial score (nSPS) is 11.0. The van der Waals surface area contributed by atoms with Gasteiger partial charge in [0.2, 0.25) is 0 Å². The van der Waals surface area contributed by atoms with E-state index in [4.69, 9.17) is 5.73 Å². The number of benzene rings is 2. The topological polar surface area (TPSA) is 54.7 Å². The number of nitrogens with one attached hydrogen (secondary N) is 1. The minimum absolute atomic E-state index is 0.292. The molecule has 0 saturated carbocycles. The lowest BCUT2D eigenvalue weighted by molar-refractivity contribution is 0.637. The van der Waals surface area contributed by atoms with Crippen LogP contribution < -0.4 is 5.73 Å². The fourth-order valence-electron chi connectivity index (χ4n) is 2.18. The molecule has 0 bridgehead atoms. The lowest BCUT2D eigenvalue weighted by Gasteiger charge is -2.03. The molecule has 19 heavy (non-hydrogen) atoms. The van der Waals surface area contributed by atoms with Crippen LogP contribution in [0.15, 0.2) is 42.5 Å². The summed E-state index contributed by atoms with van der Waals surface area (Å²) >= 11 is 0. The Bertz CT molecular complexity index is 718. The second-order valence-electron chi connectivity index (χ2n) is 4.52. The summed E-state index contributed by atoms with van der Waals surface area (Å²) in [4.78, 5) is 7.42. The van der Waals surface area contributed by atoms with E-state index in [1.165, 1.54) is 6.07 Å². The molecule has 0 amide bonds. The highest BCUT2D eigenvalue weighted by atomic mass is 19.1. The van der Waals surface area contributed by atoms with E-state index in [1.54, 1.807) is 6.07 Å². The number of H-pyrrole nitrogens is 1. The molecule has 1 aromatic heterocycles. The summed E-state index contributed by atoms with van der Waals surface area (Å²) in [6.07, 6.45) is 1.50. The number of fused-ring (bicyclic) bond motifs is 1. The molecule has 0 spiro atoms. The van der Waals surface area contributed by atoms with E-state index in [0.29, 0.717) is 11.9 Å². The summed E-state index contributed by atoms with van der Waals surface area (Å²) in [6, 6.07) is 12.7. The Kier molecular flexibility index (Phi) is 2.91. The molecule has 1 heterocycles. The van der Waals surface area contributed by atoms with E-state index in [9.17, 15) is 4.39 Å². The highest BCUT2D eigenvalue weighted by molar-refractivity contribution is 5.75. The number of aryl methyl sites for hydroxylation is 2. The van der Waals surface area contributed by atoms with E-state index < -0.39 is 0 Å². The van der Waals surface area contributed by atoms with Gasteiger partial charge < -0.3 is 10.7 Å². The Balaban J connectivity index is 1.83. The molecule has 0 aliphatic carbocycles. The van der Waals surface area contributed by atoms with Gasteiger partial charge in [0.05, 0.1) is 5.52 Å². The van der Waals surface area contributed by atoms with Gasteiger partial charge in [0.1, 0.15) is 11.3 Å². The SMILES string of the molecule is Nc1ccccc1CCc1nc2c(F)cccc2[nH]1. The van der Waals surface area contributed by atoms with Crippen LogP contribution in [0.4, 0.5) is 10.1 Å². The molecule has 0 aliphatic rings. The van der Waals surface area contributed by atoms with E-state index in [2.05, 4.69) is 9.97 Å². The van der Waals surface area contributed by atoms with E-state index >= 15 is 0 Å². The van der Waals surface area contributed by atoms with Crippen LogP contribution in [0, 0.1) is 5.82 Å². The maximum atomic E-state index is 13.5. The van der Waals surface area contributed by atoms with Crippen molar-refractivity contribution in [3.8, 4) is 0 Å². The number of nitrogen functional groups attached to an aromatic ring is 1. The van der Waals surface area contributed by atoms with Crippen LogP contribution in [-0.4, -0.2) is 9.97 Å². The number of halogens is 1. The monoisotopic (exact) mass is 255 g/mol. The van der Waals surface area contributed by atoms with Crippen LogP contribution in [0.25, 0.3) is 11.0 Å². The molecular weight excluding hydrogens is 241 g/mol. The standard InChI is InChI=1S/C15H14FN3/c16-11-5-3-7-13-15(11)19-14(18-13)9-8-10-4-1-2-6-12(10)17/h1-7H,8-9,17H2,(H,18,19). The largest absolute Gasteiger partial charge is 0.399 e. The molecule has 0 fully saturated rings. The first-order valence-electron chi connectivity index (χ1n) is 6.20. The second-order valence-corrected chi connectivity index (χ2v) is 4.52. The summed E-state index contributed by atoms with van der Waals surface area (Å²) in [5.41, 5.74) is 8.90. The zero-order valence-corrected chi connectivity index (χ0v) is 10.4. The van der Waals surface area contributed by atoms with Crippen LogP contribution in [0.1, 0.15) is 11.4 Å². The average Bonchev–Trinajstić information content (AvgIpc) is 2.82. The third kappa shape index (κ3) is 2.29. The molecule has 3 N–H and O–H groups in total. The Morgan fingerprint density at radius 1 is 1.05 bits per heavy atom. The van der Waals surface area contributed by atoms with Gasteiger partial charge in [-0.05, 0) is 30.2 Å². The quantitative estimate of drug-likeness (QED) is 0.707. The molecule has 4 heteroatoms. The fraction of sp³-hybridized carbons (Fsp3) is 0.133. The summed E-state index contributed by atoms with van der Waals surface area (Å²) < 4.78 is 13.5. The minimum Gasteiger partial charge on any atom is -0.399 e. The molecule has 0 atom stereocenters. The number of para-hydroxylation sites is 2. The van der Waals surface area contributed by atoms with Crippen molar-refractivity contribution in [1.29, 1.82) is 0 Å². The number of nitrogens with two attached hydrogens (primary N) is 1. The smallest absolute Gasteiger partial charge is 0.151 e. The van der Waals surface area contributed by atoms with Crippen LogP contribution in [0.5, 0.6) is 0 Å². The highest BCUT2D eigenvalue weighted by Gasteiger charge is 2.07. The van der Waals surface area contributed by atoms with Gasteiger partial charge in [-0.2, -0.15) is 0 Å². The molecule has 0 aliphatic heterocycles. The van der Waals surface area contributed by atoms with Crippen molar-refractivity contribution in [3.63, 3.8) is 0 Å². The van der Waals surface area contributed by atoms with Gasteiger partial charge in [0.15, 0.2) is 5.82 Å². The Hall–Kier alpha value is -2.36. The van der Waals surface area contributed by atoms with Crippen LogP contribution in [-0.2, 0) is 12.8 Å². The number of rotatable bonds is 3. The first-order valence-corrected chi connectivity index (χ1v) is 6.20. The summed E-state index contributed by atoms with van der Waals surface area (Å²) in [5, 5.41) is 0. The van der Waals surface area contributed by atoms with E-state index in [-0.39, 0.29) is 5.82 Å². The van der Waals surface area contributed by atoms with Crippen LogP contribution in [0.2, 0.25) is 0 Å². The van der Waals surface area contributed by atoms with Crippen molar-refractivity contribution in [2.24, 2.45) is 0 Å². The molecule has 3 aromatic rings. The number of hydrogen-bond acceptors (Lipinski definition) is 2. The van der Waals surface area contributed by atoms with Gasteiger partial charge >= 0.3 is 0 Å². The number of hydrogen-bond donors (Lipinski definition) is 2. The number of imidazole rings is 1. The molecule has 0 radical (unpaired) electrons. The summed E-state index contributed by atoms with van der Waals surface area (Å²) in [7, 11) is 0. The predicted octanol–water partition coefficient (Wildman–Crippen LogP) is 3.07. The molecule has 2 aromatic carbocycles. The number of anilines is 1. The highest BCUT2D eigenvalue weighted by Crippen LogP contribution is 2.17. The average molecular weight is 255 g/mol.